The summed E-state index contributed by atoms with van der Waals surface area (Å²) in [6.07, 6.45) is 1.85. The second kappa shape index (κ2) is 8.00. The number of carbonyl (C=O) groups is 1. The van der Waals surface area contributed by atoms with E-state index in [1.54, 1.807) is 0 Å². The Morgan fingerprint density at radius 3 is 2.55 bits per heavy atom. The van der Waals surface area contributed by atoms with Crippen LogP contribution in [0.15, 0.2) is 34.2 Å². The Kier molecular flexibility index (Phi) is 6.03. The van der Waals surface area contributed by atoms with Crippen molar-refractivity contribution >= 4 is 34.6 Å². The fraction of sp³-hybridized carbons (Fsp3) is 0.375. The average Bonchev–Trinajstić information content (AvgIpc) is 2.88. The molecule has 2 N–H and O–H groups in total. The summed E-state index contributed by atoms with van der Waals surface area (Å²) >= 11 is 1.30. The van der Waals surface area contributed by atoms with Crippen LogP contribution in [0.2, 0.25) is 0 Å². The maximum absolute atomic E-state index is 11.9. The number of carbonyl (C=O) groups excluding carboxylic acids is 1. The van der Waals surface area contributed by atoms with Gasteiger partial charge in [-0.3, -0.25) is 9.79 Å². The molecule has 1 fully saturated rings. The third-order valence-corrected chi connectivity index (χ3v) is 4.27. The summed E-state index contributed by atoms with van der Waals surface area (Å²) in [6, 6.07) is 8.16. The van der Waals surface area contributed by atoms with Crippen molar-refractivity contribution in [2.75, 3.05) is 31.1 Å². The number of benzene rings is 1. The zero-order valence-corrected chi connectivity index (χ0v) is 13.7. The molecule has 2 rings (SSSR count). The van der Waals surface area contributed by atoms with E-state index in [9.17, 15) is 4.79 Å². The summed E-state index contributed by atoms with van der Waals surface area (Å²) < 4.78 is 0. The van der Waals surface area contributed by atoms with Crippen molar-refractivity contribution in [1.82, 2.24) is 5.32 Å². The van der Waals surface area contributed by atoms with Gasteiger partial charge in [0.2, 0.25) is 0 Å². The average molecular weight is 319 g/mol. The van der Waals surface area contributed by atoms with Crippen LogP contribution in [0.3, 0.4) is 0 Å². The Bertz CT molecular complexity index is 578. The van der Waals surface area contributed by atoms with Crippen LogP contribution in [0.25, 0.3) is 6.08 Å². The summed E-state index contributed by atoms with van der Waals surface area (Å²) in [6.45, 7) is 6.48. The van der Waals surface area contributed by atoms with Crippen LogP contribution in [-0.2, 0) is 4.79 Å². The molecule has 0 unspecified atom stereocenters. The predicted molar refractivity (Wildman–Crippen MR) is 93.1 cm³/mol. The number of amides is 1. The van der Waals surface area contributed by atoms with E-state index in [-0.39, 0.29) is 12.5 Å². The standard InChI is InChI=1S/C16H21N3O2S/c1-3-19(4-2)13-7-5-12(6-8-13)11-14-15(21)18-16(22-14)17-9-10-20/h5-8,11,20H,3-4,9-10H2,1-2H3,(H,17,18,21)/b14-11-. The number of hydrogen-bond acceptors (Lipinski definition) is 5. The first-order chi connectivity index (χ1) is 10.7. The zero-order valence-electron chi connectivity index (χ0n) is 12.9. The molecule has 0 spiro atoms. The predicted octanol–water partition coefficient (Wildman–Crippen LogP) is 2.08. The van der Waals surface area contributed by atoms with Crippen molar-refractivity contribution in [1.29, 1.82) is 0 Å². The molecule has 118 valence electrons. The van der Waals surface area contributed by atoms with Gasteiger partial charge in [-0.15, -0.1) is 0 Å². The maximum atomic E-state index is 11.9. The van der Waals surface area contributed by atoms with Gasteiger partial charge in [-0.05, 0) is 49.4 Å². The molecule has 6 heteroatoms. The molecule has 0 atom stereocenters. The highest BCUT2D eigenvalue weighted by Gasteiger charge is 2.23. The van der Waals surface area contributed by atoms with E-state index in [1.807, 2.05) is 18.2 Å². The molecule has 0 saturated carbocycles. The molecule has 1 saturated heterocycles. The third-order valence-electron chi connectivity index (χ3n) is 3.33. The van der Waals surface area contributed by atoms with Crippen molar-refractivity contribution in [3.05, 3.63) is 34.7 Å². The first kappa shape index (κ1) is 16.6. The second-order valence-electron chi connectivity index (χ2n) is 4.74. The van der Waals surface area contributed by atoms with Gasteiger partial charge in [0.15, 0.2) is 5.17 Å². The highest BCUT2D eigenvalue weighted by Crippen LogP contribution is 2.26. The number of thioether (sulfide) groups is 1. The van der Waals surface area contributed by atoms with E-state index in [2.05, 4.69) is 41.2 Å². The normalized spacial score (nSPS) is 18.0. The van der Waals surface area contributed by atoms with Crippen molar-refractivity contribution in [3.63, 3.8) is 0 Å². The van der Waals surface area contributed by atoms with Crippen LogP contribution in [0, 0.1) is 0 Å². The third kappa shape index (κ3) is 4.11. The smallest absolute Gasteiger partial charge is 0.264 e. The Morgan fingerprint density at radius 2 is 1.95 bits per heavy atom. The van der Waals surface area contributed by atoms with E-state index in [0.29, 0.717) is 16.6 Å². The van der Waals surface area contributed by atoms with E-state index < -0.39 is 0 Å². The van der Waals surface area contributed by atoms with Crippen molar-refractivity contribution < 1.29 is 9.90 Å². The lowest BCUT2D eigenvalue weighted by Gasteiger charge is -2.20. The zero-order chi connectivity index (χ0) is 15.9. The Labute approximate surface area is 135 Å². The minimum Gasteiger partial charge on any atom is -0.394 e. The van der Waals surface area contributed by atoms with Crippen LogP contribution in [0.1, 0.15) is 19.4 Å². The van der Waals surface area contributed by atoms with Crippen LogP contribution in [0.5, 0.6) is 0 Å². The Hall–Kier alpha value is -1.79. The highest BCUT2D eigenvalue weighted by molar-refractivity contribution is 8.18. The van der Waals surface area contributed by atoms with Crippen molar-refractivity contribution in [2.24, 2.45) is 4.99 Å². The van der Waals surface area contributed by atoms with Gasteiger partial charge in [0.05, 0.1) is 18.1 Å². The fourth-order valence-corrected chi connectivity index (χ4v) is 3.02. The molecule has 1 aliphatic heterocycles. The number of amidine groups is 1. The Balaban J connectivity index is 2.11. The molecular formula is C16H21N3O2S. The number of rotatable bonds is 6. The molecule has 1 aromatic rings. The first-order valence-corrected chi connectivity index (χ1v) is 8.20. The summed E-state index contributed by atoms with van der Waals surface area (Å²) in [5.41, 5.74) is 2.16. The summed E-state index contributed by atoms with van der Waals surface area (Å²) in [5.74, 6) is -0.144. The number of aliphatic imine (C=N–C) groups is 1. The summed E-state index contributed by atoms with van der Waals surface area (Å²) in [7, 11) is 0. The van der Waals surface area contributed by atoms with Gasteiger partial charge in [-0.25, -0.2) is 0 Å². The molecule has 5 nitrogen and oxygen atoms in total. The number of anilines is 1. The lowest BCUT2D eigenvalue weighted by molar-refractivity contribution is -0.115. The van der Waals surface area contributed by atoms with Gasteiger partial charge in [-0.1, -0.05) is 12.1 Å². The van der Waals surface area contributed by atoms with Gasteiger partial charge in [0.1, 0.15) is 0 Å². The van der Waals surface area contributed by atoms with E-state index in [4.69, 9.17) is 5.11 Å². The number of nitrogens with zero attached hydrogens (tertiary/aromatic N) is 2. The molecule has 0 radical (unpaired) electrons. The number of nitrogens with one attached hydrogen (secondary N) is 1. The van der Waals surface area contributed by atoms with Crippen LogP contribution >= 0.6 is 11.8 Å². The Morgan fingerprint density at radius 1 is 1.27 bits per heavy atom. The van der Waals surface area contributed by atoms with E-state index in [1.165, 1.54) is 17.4 Å². The largest absolute Gasteiger partial charge is 0.394 e. The number of aliphatic hydroxyl groups is 1. The minimum absolute atomic E-state index is 0.0220. The van der Waals surface area contributed by atoms with Crippen LogP contribution < -0.4 is 10.2 Å². The highest BCUT2D eigenvalue weighted by atomic mass is 32.2. The van der Waals surface area contributed by atoms with Crippen LogP contribution in [-0.4, -0.2) is 42.4 Å². The van der Waals surface area contributed by atoms with Gasteiger partial charge < -0.3 is 15.3 Å². The van der Waals surface area contributed by atoms with Gasteiger partial charge in [-0.2, -0.15) is 0 Å². The quantitative estimate of drug-likeness (QED) is 0.788. The fourth-order valence-electron chi connectivity index (χ4n) is 2.17. The molecular weight excluding hydrogens is 298 g/mol. The molecule has 1 amide bonds. The summed E-state index contributed by atoms with van der Waals surface area (Å²) in [4.78, 5) is 18.9. The van der Waals surface area contributed by atoms with Crippen LogP contribution in [0.4, 0.5) is 5.69 Å². The molecule has 1 aliphatic rings. The molecule has 1 aromatic carbocycles. The van der Waals surface area contributed by atoms with Crippen molar-refractivity contribution in [3.8, 4) is 0 Å². The van der Waals surface area contributed by atoms with Crippen molar-refractivity contribution in [2.45, 2.75) is 13.8 Å². The minimum atomic E-state index is -0.144. The lowest BCUT2D eigenvalue weighted by atomic mass is 10.2. The van der Waals surface area contributed by atoms with E-state index in [0.717, 1.165) is 18.7 Å². The maximum Gasteiger partial charge on any atom is 0.264 e. The lowest BCUT2D eigenvalue weighted by Crippen LogP contribution is -2.21. The second-order valence-corrected chi connectivity index (χ2v) is 5.77. The molecule has 22 heavy (non-hydrogen) atoms. The SMILES string of the molecule is CCN(CC)c1ccc(/C=C2\SC(=NCCO)NC2=O)cc1. The molecule has 1 heterocycles. The van der Waals surface area contributed by atoms with E-state index >= 15 is 0 Å². The first-order valence-electron chi connectivity index (χ1n) is 7.39. The van der Waals surface area contributed by atoms with Gasteiger partial charge in [0.25, 0.3) is 5.91 Å². The molecule has 0 bridgehead atoms. The molecule has 0 aliphatic carbocycles. The van der Waals surface area contributed by atoms with Gasteiger partial charge in [0, 0.05) is 18.8 Å². The topological polar surface area (TPSA) is 64.9 Å². The molecule has 0 aromatic heterocycles. The monoisotopic (exact) mass is 319 g/mol. The number of hydrogen-bond donors (Lipinski definition) is 2. The van der Waals surface area contributed by atoms with Gasteiger partial charge >= 0.3 is 0 Å². The number of aliphatic hydroxyl groups excluding tert-OH is 1. The summed E-state index contributed by atoms with van der Waals surface area (Å²) in [5, 5.41) is 12.0.